The molecule has 0 bridgehead atoms. The topological polar surface area (TPSA) is 38.9 Å². The van der Waals surface area contributed by atoms with Gasteiger partial charge in [-0.3, -0.25) is 0 Å². The fourth-order valence-electron chi connectivity index (χ4n) is 0.645. The SMILES string of the molecule is Nc1cccc(C#CCCl)n1. The second-order valence-electron chi connectivity index (χ2n) is 1.88. The van der Waals surface area contributed by atoms with E-state index in [9.17, 15) is 0 Å². The zero-order valence-electron chi connectivity index (χ0n) is 5.84. The second kappa shape index (κ2) is 3.85. The molecule has 0 radical (unpaired) electrons. The van der Waals surface area contributed by atoms with Crippen LogP contribution in [0.15, 0.2) is 18.2 Å². The molecule has 0 atom stereocenters. The summed E-state index contributed by atoms with van der Waals surface area (Å²) < 4.78 is 0. The molecular formula is C8H7ClN2. The van der Waals surface area contributed by atoms with Crippen molar-refractivity contribution in [1.29, 1.82) is 0 Å². The minimum Gasteiger partial charge on any atom is -0.384 e. The van der Waals surface area contributed by atoms with Crippen LogP contribution in [0.4, 0.5) is 5.82 Å². The van der Waals surface area contributed by atoms with Crippen LogP contribution in [0.25, 0.3) is 0 Å². The van der Waals surface area contributed by atoms with E-state index < -0.39 is 0 Å². The maximum Gasteiger partial charge on any atom is 0.124 e. The quantitative estimate of drug-likeness (QED) is 0.466. The Labute approximate surface area is 70.4 Å². The van der Waals surface area contributed by atoms with Gasteiger partial charge in [0.25, 0.3) is 0 Å². The van der Waals surface area contributed by atoms with Gasteiger partial charge in [-0.15, -0.1) is 11.6 Å². The van der Waals surface area contributed by atoms with Crippen LogP contribution in [0.3, 0.4) is 0 Å². The summed E-state index contributed by atoms with van der Waals surface area (Å²) in [6, 6.07) is 5.31. The Kier molecular flexibility index (Phi) is 2.76. The molecule has 0 aliphatic heterocycles. The van der Waals surface area contributed by atoms with Crippen molar-refractivity contribution in [2.24, 2.45) is 0 Å². The average Bonchev–Trinajstić information content (AvgIpc) is 2.01. The summed E-state index contributed by atoms with van der Waals surface area (Å²) in [5.41, 5.74) is 6.08. The van der Waals surface area contributed by atoms with Crippen LogP contribution < -0.4 is 5.73 Å². The first kappa shape index (κ1) is 7.90. The van der Waals surface area contributed by atoms with Crippen molar-refractivity contribution >= 4 is 17.4 Å². The third-order valence-electron chi connectivity index (χ3n) is 1.05. The largest absolute Gasteiger partial charge is 0.384 e. The molecule has 0 amide bonds. The van der Waals surface area contributed by atoms with E-state index in [4.69, 9.17) is 17.3 Å². The Morgan fingerprint density at radius 1 is 1.55 bits per heavy atom. The molecule has 1 rings (SSSR count). The molecule has 1 heterocycles. The van der Waals surface area contributed by atoms with E-state index in [0.29, 0.717) is 17.4 Å². The van der Waals surface area contributed by atoms with E-state index in [0.717, 1.165) is 0 Å². The molecule has 2 N–H and O–H groups in total. The van der Waals surface area contributed by atoms with Crippen molar-refractivity contribution in [3.63, 3.8) is 0 Å². The van der Waals surface area contributed by atoms with E-state index in [1.807, 2.05) is 0 Å². The van der Waals surface area contributed by atoms with E-state index >= 15 is 0 Å². The highest BCUT2D eigenvalue weighted by atomic mass is 35.5. The Morgan fingerprint density at radius 3 is 3.00 bits per heavy atom. The number of hydrogen-bond donors (Lipinski definition) is 1. The smallest absolute Gasteiger partial charge is 0.124 e. The highest BCUT2D eigenvalue weighted by molar-refractivity contribution is 6.19. The summed E-state index contributed by atoms with van der Waals surface area (Å²) in [4.78, 5) is 3.96. The van der Waals surface area contributed by atoms with Gasteiger partial charge in [-0.25, -0.2) is 4.98 Å². The maximum absolute atomic E-state index is 5.42. The molecule has 11 heavy (non-hydrogen) atoms. The van der Waals surface area contributed by atoms with Gasteiger partial charge in [0.15, 0.2) is 0 Å². The summed E-state index contributed by atoms with van der Waals surface area (Å²) >= 11 is 5.36. The van der Waals surface area contributed by atoms with E-state index in [1.165, 1.54) is 0 Å². The van der Waals surface area contributed by atoms with Crippen LogP contribution in [0, 0.1) is 11.8 Å². The lowest BCUT2D eigenvalue weighted by atomic mass is 10.3. The monoisotopic (exact) mass is 166 g/mol. The molecule has 0 aliphatic carbocycles. The van der Waals surface area contributed by atoms with Crippen molar-refractivity contribution in [2.45, 2.75) is 0 Å². The molecule has 0 spiro atoms. The van der Waals surface area contributed by atoms with Gasteiger partial charge in [0, 0.05) is 0 Å². The number of alkyl halides is 1. The average molecular weight is 167 g/mol. The number of halogens is 1. The normalized spacial score (nSPS) is 8.45. The number of anilines is 1. The first-order chi connectivity index (χ1) is 5.33. The predicted octanol–water partition coefficient (Wildman–Crippen LogP) is 1.25. The van der Waals surface area contributed by atoms with Crippen LogP contribution in [-0.2, 0) is 0 Å². The summed E-state index contributed by atoms with van der Waals surface area (Å²) in [6.45, 7) is 0. The number of nitrogens with zero attached hydrogens (tertiary/aromatic N) is 1. The van der Waals surface area contributed by atoms with Gasteiger partial charge in [-0.05, 0) is 18.1 Å². The summed E-state index contributed by atoms with van der Waals surface area (Å²) in [6.07, 6.45) is 0. The van der Waals surface area contributed by atoms with Crippen molar-refractivity contribution in [3.8, 4) is 11.8 Å². The van der Waals surface area contributed by atoms with Gasteiger partial charge in [-0.2, -0.15) is 0 Å². The van der Waals surface area contributed by atoms with Gasteiger partial charge in [0.2, 0.25) is 0 Å². The number of aromatic nitrogens is 1. The molecule has 0 unspecified atom stereocenters. The molecule has 0 fully saturated rings. The third kappa shape index (κ3) is 2.48. The van der Waals surface area contributed by atoms with Crippen LogP contribution >= 0.6 is 11.6 Å². The molecular weight excluding hydrogens is 160 g/mol. The minimum atomic E-state index is 0.316. The first-order valence-corrected chi connectivity index (χ1v) is 3.64. The fourth-order valence-corrected chi connectivity index (χ4v) is 0.712. The van der Waals surface area contributed by atoms with Gasteiger partial charge < -0.3 is 5.73 Å². The third-order valence-corrected chi connectivity index (χ3v) is 1.19. The van der Waals surface area contributed by atoms with Gasteiger partial charge in [-0.1, -0.05) is 12.0 Å². The molecule has 1 aromatic heterocycles. The Bertz CT molecular complexity index is 298. The van der Waals surface area contributed by atoms with E-state index in [2.05, 4.69) is 16.8 Å². The number of nitrogen functional groups attached to an aromatic ring is 1. The number of pyridine rings is 1. The molecule has 0 saturated heterocycles. The van der Waals surface area contributed by atoms with Gasteiger partial charge >= 0.3 is 0 Å². The Morgan fingerprint density at radius 2 is 2.36 bits per heavy atom. The Balaban J connectivity index is 2.87. The molecule has 0 aromatic carbocycles. The predicted molar refractivity (Wildman–Crippen MR) is 46.2 cm³/mol. The molecule has 56 valence electrons. The fraction of sp³-hybridized carbons (Fsp3) is 0.125. The molecule has 0 saturated carbocycles. The Hall–Kier alpha value is -1.20. The highest BCUT2D eigenvalue weighted by Crippen LogP contribution is 1.97. The zero-order chi connectivity index (χ0) is 8.10. The first-order valence-electron chi connectivity index (χ1n) is 3.10. The van der Waals surface area contributed by atoms with Crippen molar-refractivity contribution in [2.75, 3.05) is 11.6 Å². The van der Waals surface area contributed by atoms with Crippen molar-refractivity contribution < 1.29 is 0 Å². The zero-order valence-corrected chi connectivity index (χ0v) is 6.60. The number of rotatable bonds is 0. The maximum atomic E-state index is 5.42. The van der Waals surface area contributed by atoms with Crippen LogP contribution in [0.2, 0.25) is 0 Å². The highest BCUT2D eigenvalue weighted by Gasteiger charge is 1.87. The summed E-state index contributed by atoms with van der Waals surface area (Å²) in [5, 5.41) is 0. The van der Waals surface area contributed by atoms with Crippen LogP contribution in [0.1, 0.15) is 5.69 Å². The van der Waals surface area contributed by atoms with E-state index in [-0.39, 0.29) is 0 Å². The number of hydrogen-bond acceptors (Lipinski definition) is 2. The van der Waals surface area contributed by atoms with Crippen LogP contribution in [0.5, 0.6) is 0 Å². The van der Waals surface area contributed by atoms with Gasteiger partial charge in [0.1, 0.15) is 11.5 Å². The van der Waals surface area contributed by atoms with E-state index in [1.54, 1.807) is 18.2 Å². The second-order valence-corrected chi connectivity index (χ2v) is 2.15. The lowest BCUT2D eigenvalue weighted by molar-refractivity contribution is 1.30. The van der Waals surface area contributed by atoms with Crippen molar-refractivity contribution in [1.82, 2.24) is 4.98 Å². The molecule has 1 aromatic rings. The standard InChI is InChI=1S/C8H7ClN2/c9-6-2-4-7-3-1-5-8(10)11-7/h1,3,5H,6H2,(H2,10,11). The van der Waals surface area contributed by atoms with Gasteiger partial charge in [0.05, 0.1) is 5.88 Å². The minimum absolute atomic E-state index is 0.316. The van der Waals surface area contributed by atoms with Crippen molar-refractivity contribution in [3.05, 3.63) is 23.9 Å². The molecule has 2 nitrogen and oxygen atoms in total. The summed E-state index contributed by atoms with van der Waals surface area (Å²) in [7, 11) is 0. The summed E-state index contributed by atoms with van der Waals surface area (Å²) in [5.74, 6) is 6.25. The van der Waals surface area contributed by atoms with Crippen LogP contribution in [-0.4, -0.2) is 10.9 Å². The molecule has 0 aliphatic rings. The molecule has 3 heteroatoms. The lowest BCUT2D eigenvalue weighted by Crippen LogP contribution is -1.90. The lowest BCUT2D eigenvalue weighted by Gasteiger charge is -1.90. The number of nitrogens with two attached hydrogens (primary N) is 1.